The maximum Gasteiger partial charge on any atom is 0.252 e. The molecule has 1 fully saturated rings. The van der Waals surface area contributed by atoms with Gasteiger partial charge in [0.1, 0.15) is 4.21 Å². The number of carbonyl (C=O) groups excluding carboxylic acids is 1. The minimum absolute atomic E-state index is 0.0963. The van der Waals surface area contributed by atoms with E-state index in [2.05, 4.69) is 11.4 Å². The molecular weight excluding hydrogens is 380 g/mol. The highest BCUT2D eigenvalue weighted by Crippen LogP contribution is 2.29. The van der Waals surface area contributed by atoms with Crippen molar-refractivity contribution in [3.05, 3.63) is 46.3 Å². The van der Waals surface area contributed by atoms with Crippen molar-refractivity contribution in [3.63, 3.8) is 0 Å². The molecule has 4 rings (SSSR count). The first-order valence-corrected chi connectivity index (χ1v) is 11.8. The van der Waals surface area contributed by atoms with Crippen molar-refractivity contribution in [3.8, 4) is 0 Å². The molecule has 2 heterocycles. The van der Waals surface area contributed by atoms with Crippen LogP contribution in [0.4, 0.5) is 5.69 Å². The zero-order chi connectivity index (χ0) is 18.9. The van der Waals surface area contributed by atoms with Crippen molar-refractivity contribution in [1.29, 1.82) is 0 Å². The average Bonchev–Trinajstić information content (AvgIpc) is 3.34. The van der Waals surface area contributed by atoms with Gasteiger partial charge in [0.25, 0.3) is 10.0 Å². The van der Waals surface area contributed by atoms with E-state index < -0.39 is 10.0 Å². The van der Waals surface area contributed by atoms with E-state index in [1.165, 1.54) is 28.9 Å². The number of nitrogens with zero attached hydrogens (tertiary/aromatic N) is 1. The van der Waals surface area contributed by atoms with Crippen molar-refractivity contribution >= 4 is 33.0 Å². The second kappa shape index (κ2) is 7.73. The zero-order valence-electron chi connectivity index (χ0n) is 15.2. The monoisotopic (exact) mass is 404 g/mol. The number of rotatable bonds is 5. The summed E-state index contributed by atoms with van der Waals surface area (Å²) >= 11 is 1.20. The summed E-state index contributed by atoms with van der Waals surface area (Å²) in [4.78, 5) is 13.3. The highest BCUT2D eigenvalue weighted by molar-refractivity contribution is 7.91. The van der Waals surface area contributed by atoms with E-state index in [1.54, 1.807) is 16.4 Å². The van der Waals surface area contributed by atoms with Crippen molar-refractivity contribution < 1.29 is 13.2 Å². The van der Waals surface area contributed by atoms with Gasteiger partial charge >= 0.3 is 0 Å². The topological polar surface area (TPSA) is 66.5 Å². The minimum Gasteiger partial charge on any atom is -0.326 e. The summed E-state index contributed by atoms with van der Waals surface area (Å²) in [5.41, 5.74) is 3.48. The van der Waals surface area contributed by atoms with Gasteiger partial charge in [-0.2, -0.15) is 4.31 Å². The molecule has 1 aliphatic carbocycles. The standard InChI is InChI=1S/C20H24N2O3S2/c23-19(21-18-9-5-7-15-6-1-2-8-17(15)18)14-16-10-11-20(26-16)27(24,25)22-12-3-4-13-22/h5,7,9-11H,1-4,6,8,12-14H2,(H,21,23). The number of sulfonamides is 1. The van der Waals surface area contributed by atoms with Gasteiger partial charge in [0.15, 0.2) is 0 Å². The van der Waals surface area contributed by atoms with Crippen LogP contribution in [0.3, 0.4) is 0 Å². The minimum atomic E-state index is -3.40. The number of carbonyl (C=O) groups is 1. The molecule has 1 N–H and O–H groups in total. The van der Waals surface area contributed by atoms with Crippen LogP contribution in [-0.4, -0.2) is 31.7 Å². The maximum atomic E-state index is 12.6. The molecule has 7 heteroatoms. The number of benzene rings is 1. The van der Waals surface area contributed by atoms with Crippen molar-refractivity contribution in [2.75, 3.05) is 18.4 Å². The number of anilines is 1. The first-order chi connectivity index (χ1) is 13.0. The lowest BCUT2D eigenvalue weighted by atomic mass is 9.90. The number of aryl methyl sites for hydroxylation is 1. The molecule has 1 amide bonds. The van der Waals surface area contributed by atoms with E-state index >= 15 is 0 Å². The fraction of sp³-hybridized carbons (Fsp3) is 0.450. The number of amides is 1. The molecule has 0 unspecified atom stereocenters. The van der Waals surface area contributed by atoms with Crippen molar-refractivity contribution in [2.45, 2.75) is 49.2 Å². The van der Waals surface area contributed by atoms with Gasteiger partial charge in [-0.1, -0.05) is 12.1 Å². The molecule has 0 atom stereocenters. The summed E-state index contributed by atoms with van der Waals surface area (Å²) in [6.45, 7) is 1.18. The maximum absolute atomic E-state index is 12.6. The van der Waals surface area contributed by atoms with E-state index in [4.69, 9.17) is 0 Å². The van der Waals surface area contributed by atoms with Crippen LogP contribution in [0.15, 0.2) is 34.5 Å². The third-order valence-electron chi connectivity index (χ3n) is 5.30. The van der Waals surface area contributed by atoms with E-state index in [0.717, 1.165) is 42.7 Å². The summed E-state index contributed by atoms with van der Waals surface area (Å²) in [7, 11) is -3.40. The fourth-order valence-corrected chi connectivity index (χ4v) is 6.92. The molecule has 1 aliphatic heterocycles. The Hall–Kier alpha value is -1.70. The van der Waals surface area contributed by atoms with Crippen molar-refractivity contribution in [2.24, 2.45) is 0 Å². The molecule has 1 aromatic carbocycles. The molecule has 27 heavy (non-hydrogen) atoms. The van der Waals surface area contributed by atoms with E-state index in [1.807, 2.05) is 12.1 Å². The molecule has 0 bridgehead atoms. The van der Waals surface area contributed by atoms with Gasteiger partial charge in [-0.3, -0.25) is 4.79 Å². The number of nitrogens with one attached hydrogen (secondary N) is 1. The Labute approximate surface area is 164 Å². The highest BCUT2D eigenvalue weighted by Gasteiger charge is 2.28. The fourth-order valence-electron chi connectivity index (χ4n) is 3.90. The van der Waals surface area contributed by atoms with Crippen LogP contribution in [0.25, 0.3) is 0 Å². The molecule has 1 aromatic heterocycles. The smallest absolute Gasteiger partial charge is 0.252 e. The normalized spacial score (nSPS) is 17.6. The van der Waals surface area contributed by atoms with Crippen LogP contribution in [0.1, 0.15) is 41.7 Å². The molecule has 144 valence electrons. The molecule has 0 saturated carbocycles. The van der Waals surface area contributed by atoms with Crippen LogP contribution in [0, 0.1) is 0 Å². The Morgan fingerprint density at radius 2 is 1.81 bits per heavy atom. The first kappa shape index (κ1) is 18.7. The van der Waals surface area contributed by atoms with E-state index in [-0.39, 0.29) is 12.3 Å². The van der Waals surface area contributed by atoms with Crippen LogP contribution < -0.4 is 5.32 Å². The van der Waals surface area contributed by atoms with Crippen LogP contribution in [0.5, 0.6) is 0 Å². The molecular formula is C20H24N2O3S2. The number of fused-ring (bicyclic) bond motifs is 1. The molecule has 0 spiro atoms. The highest BCUT2D eigenvalue weighted by atomic mass is 32.2. The third kappa shape index (κ3) is 3.95. The van der Waals surface area contributed by atoms with Gasteiger partial charge in [0.2, 0.25) is 5.91 Å². The SMILES string of the molecule is O=C(Cc1ccc(S(=O)(=O)N2CCCC2)s1)Nc1cccc2c1CCCC2. The summed E-state index contributed by atoms with van der Waals surface area (Å²) in [6, 6.07) is 9.48. The average molecular weight is 405 g/mol. The van der Waals surface area contributed by atoms with Gasteiger partial charge in [-0.25, -0.2) is 8.42 Å². The van der Waals surface area contributed by atoms with Gasteiger partial charge < -0.3 is 5.32 Å². The predicted molar refractivity (Wildman–Crippen MR) is 108 cm³/mol. The van der Waals surface area contributed by atoms with Gasteiger partial charge in [-0.05, 0) is 67.9 Å². The van der Waals surface area contributed by atoms with Crippen LogP contribution in [0.2, 0.25) is 0 Å². The molecule has 1 saturated heterocycles. The Balaban J connectivity index is 1.44. The van der Waals surface area contributed by atoms with E-state index in [0.29, 0.717) is 17.3 Å². The van der Waals surface area contributed by atoms with Gasteiger partial charge in [0, 0.05) is 23.7 Å². The third-order valence-corrected chi connectivity index (χ3v) is 8.75. The first-order valence-electron chi connectivity index (χ1n) is 9.53. The Morgan fingerprint density at radius 1 is 1.04 bits per heavy atom. The van der Waals surface area contributed by atoms with Gasteiger partial charge in [-0.15, -0.1) is 11.3 Å². The second-order valence-electron chi connectivity index (χ2n) is 7.21. The summed E-state index contributed by atoms with van der Waals surface area (Å²) in [6.07, 6.45) is 6.47. The zero-order valence-corrected chi connectivity index (χ0v) is 16.9. The Kier molecular flexibility index (Phi) is 5.34. The molecule has 5 nitrogen and oxygen atoms in total. The summed E-state index contributed by atoms with van der Waals surface area (Å²) < 4.78 is 27.1. The van der Waals surface area contributed by atoms with Crippen LogP contribution in [-0.2, 0) is 34.1 Å². The largest absolute Gasteiger partial charge is 0.326 e. The molecule has 2 aromatic rings. The lowest BCUT2D eigenvalue weighted by Gasteiger charge is -2.19. The van der Waals surface area contributed by atoms with Crippen LogP contribution >= 0.6 is 11.3 Å². The molecule has 2 aliphatic rings. The Morgan fingerprint density at radius 3 is 2.63 bits per heavy atom. The van der Waals surface area contributed by atoms with Crippen molar-refractivity contribution in [1.82, 2.24) is 4.31 Å². The lowest BCUT2D eigenvalue weighted by molar-refractivity contribution is -0.115. The quantitative estimate of drug-likeness (QED) is 0.828. The summed E-state index contributed by atoms with van der Waals surface area (Å²) in [5, 5.41) is 3.03. The summed E-state index contributed by atoms with van der Waals surface area (Å²) in [5.74, 6) is -0.0963. The number of hydrogen-bond donors (Lipinski definition) is 1. The number of thiophene rings is 1. The molecule has 0 radical (unpaired) electrons. The predicted octanol–water partition coefficient (Wildman–Crippen LogP) is 3.59. The second-order valence-corrected chi connectivity index (χ2v) is 10.5. The van der Waals surface area contributed by atoms with E-state index in [9.17, 15) is 13.2 Å². The van der Waals surface area contributed by atoms with Gasteiger partial charge in [0.05, 0.1) is 6.42 Å². The number of hydrogen-bond acceptors (Lipinski definition) is 4. The Bertz CT molecular complexity index is 944. The lowest BCUT2D eigenvalue weighted by Crippen LogP contribution is -2.27.